The van der Waals surface area contributed by atoms with E-state index in [-0.39, 0.29) is 10.6 Å². The largest absolute Gasteiger partial charge is 0.398 e. The Morgan fingerprint density at radius 1 is 1.29 bits per heavy atom. The van der Waals surface area contributed by atoms with E-state index in [1.165, 1.54) is 10.4 Å². The summed E-state index contributed by atoms with van der Waals surface area (Å²) in [7, 11) is -3.65. The zero-order valence-electron chi connectivity index (χ0n) is 9.10. The average molecular weight is 260 g/mol. The monoisotopic (exact) mass is 260 g/mol. The molecule has 0 bridgehead atoms. The molecule has 0 radical (unpaired) electrons. The normalized spacial score (nSPS) is 18.2. The molecule has 17 heavy (non-hydrogen) atoms. The van der Waals surface area contributed by atoms with Gasteiger partial charge in [-0.25, -0.2) is 12.8 Å². The van der Waals surface area contributed by atoms with Crippen molar-refractivity contribution in [1.29, 1.82) is 0 Å². The third-order valence-electron chi connectivity index (χ3n) is 2.56. The van der Waals surface area contributed by atoms with Gasteiger partial charge in [-0.1, -0.05) is 0 Å². The van der Waals surface area contributed by atoms with Gasteiger partial charge in [0.05, 0.1) is 18.9 Å². The number of anilines is 1. The third kappa shape index (κ3) is 2.41. The van der Waals surface area contributed by atoms with Crippen LogP contribution in [0.25, 0.3) is 0 Å². The first-order valence-corrected chi connectivity index (χ1v) is 6.59. The Morgan fingerprint density at radius 2 is 1.94 bits per heavy atom. The number of sulfonamides is 1. The molecular weight excluding hydrogens is 247 g/mol. The van der Waals surface area contributed by atoms with Crippen molar-refractivity contribution < 1.29 is 17.5 Å². The lowest BCUT2D eigenvalue weighted by Crippen LogP contribution is -2.40. The number of nitrogens with zero attached hydrogens (tertiary/aromatic N) is 1. The average Bonchev–Trinajstić information content (AvgIpc) is 2.29. The second-order valence-corrected chi connectivity index (χ2v) is 5.60. The smallest absolute Gasteiger partial charge is 0.245 e. The molecule has 0 saturated carbocycles. The minimum Gasteiger partial charge on any atom is -0.398 e. The summed E-state index contributed by atoms with van der Waals surface area (Å²) in [6, 6.07) is 3.28. The van der Waals surface area contributed by atoms with Crippen molar-refractivity contribution in [3.63, 3.8) is 0 Å². The van der Waals surface area contributed by atoms with E-state index >= 15 is 0 Å². The Kier molecular flexibility index (Phi) is 3.32. The molecule has 1 aliphatic heterocycles. The lowest BCUT2D eigenvalue weighted by molar-refractivity contribution is 0.0730. The molecule has 0 amide bonds. The summed E-state index contributed by atoms with van der Waals surface area (Å²) >= 11 is 0. The number of ether oxygens (including phenoxy) is 1. The number of benzene rings is 1. The minimum absolute atomic E-state index is 0.0548. The van der Waals surface area contributed by atoms with Crippen molar-refractivity contribution in [3.05, 3.63) is 24.0 Å². The summed E-state index contributed by atoms with van der Waals surface area (Å²) in [5, 5.41) is 0. The number of hydrogen-bond acceptors (Lipinski definition) is 4. The van der Waals surface area contributed by atoms with Crippen LogP contribution in [-0.2, 0) is 14.8 Å². The van der Waals surface area contributed by atoms with Crippen LogP contribution in [0.5, 0.6) is 0 Å². The molecule has 1 heterocycles. The first-order valence-electron chi connectivity index (χ1n) is 5.15. The summed E-state index contributed by atoms with van der Waals surface area (Å²) in [4.78, 5) is -0.0548. The molecule has 0 unspecified atom stereocenters. The topological polar surface area (TPSA) is 72.6 Å². The van der Waals surface area contributed by atoms with Gasteiger partial charge in [0.2, 0.25) is 10.0 Å². The standard InChI is InChI=1S/C10H13FN2O3S/c11-8-1-2-10(9(12)7-8)17(14,15)13-3-5-16-6-4-13/h1-2,7H,3-6,12H2. The van der Waals surface area contributed by atoms with Gasteiger partial charge in [-0.2, -0.15) is 4.31 Å². The van der Waals surface area contributed by atoms with Crippen LogP contribution in [0.1, 0.15) is 0 Å². The molecule has 1 fully saturated rings. The number of hydrogen-bond donors (Lipinski definition) is 1. The Balaban J connectivity index is 2.37. The Morgan fingerprint density at radius 3 is 2.53 bits per heavy atom. The molecule has 5 nitrogen and oxygen atoms in total. The van der Waals surface area contributed by atoms with Gasteiger partial charge in [0.1, 0.15) is 10.7 Å². The van der Waals surface area contributed by atoms with Gasteiger partial charge in [-0.15, -0.1) is 0 Å². The van der Waals surface area contributed by atoms with Crippen LogP contribution in [0.2, 0.25) is 0 Å². The van der Waals surface area contributed by atoms with E-state index < -0.39 is 15.8 Å². The van der Waals surface area contributed by atoms with Gasteiger partial charge in [-0.3, -0.25) is 0 Å². The van der Waals surface area contributed by atoms with Crippen molar-refractivity contribution in [3.8, 4) is 0 Å². The van der Waals surface area contributed by atoms with Crippen LogP contribution in [0.4, 0.5) is 10.1 Å². The van der Waals surface area contributed by atoms with Crippen molar-refractivity contribution >= 4 is 15.7 Å². The number of nitrogens with two attached hydrogens (primary N) is 1. The fourth-order valence-corrected chi connectivity index (χ4v) is 3.19. The lowest BCUT2D eigenvalue weighted by Gasteiger charge is -2.26. The highest BCUT2D eigenvalue weighted by molar-refractivity contribution is 7.89. The highest BCUT2D eigenvalue weighted by Crippen LogP contribution is 2.23. The molecular formula is C10H13FN2O3S. The van der Waals surface area contributed by atoms with Crippen LogP contribution >= 0.6 is 0 Å². The molecule has 2 N–H and O–H groups in total. The van der Waals surface area contributed by atoms with E-state index in [1.54, 1.807) is 0 Å². The Labute approximate surface area is 99.0 Å². The molecule has 1 aromatic carbocycles. The maximum atomic E-state index is 12.9. The molecule has 1 aromatic rings. The first kappa shape index (κ1) is 12.3. The van der Waals surface area contributed by atoms with Gasteiger partial charge >= 0.3 is 0 Å². The predicted octanol–water partition coefficient (Wildman–Crippen LogP) is 0.429. The molecule has 0 aromatic heterocycles. The van der Waals surface area contributed by atoms with Crippen molar-refractivity contribution in [2.24, 2.45) is 0 Å². The van der Waals surface area contributed by atoms with Crippen molar-refractivity contribution in [2.75, 3.05) is 32.0 Å². The van der Waals surface area contributed by atoms with E-state index in [2.05, 4.69) is 0 Å². The summed E-state index contributed by atoms with van der Waals surface area (Å²) in [6.07, 6.45) is 0. The maximum Gasteiger partial charge on any atom is 0.245 e. The Hall–Kier alpha value is -1.18. The van der Waals surface area contributed by atoms with E-state index in [4.69, 9.17) is 10.5 Å². The van der Waals surface area contributed by atoms with E-state index in [0.29, 0.717) is 26.3 Å². The number of rotatable bonds is 2. The Bertz CT molecular complexity index is 512. The van der Waals surface area contributed by atoms with Crippen LogP contribution in [0, 0.1) is 5.82 Å². The lowest BCUT2D eigenvalue weighted by atomic mass is 10.3. The van der Waals surface area contributed by atoms with Crippen LogP contribution < -0.4 is 5.73 Å². The SMILES string of the molecule is Nc1cc(F)ccc1S(=O)(=O)N1CCOCC1. The van der Waals surface area contributed by atoms with Gasteiger partial charge < -0.3 is 10.5 Å². The van der Waals surface area contributed by atoms with Crippen LogP contribution in [0.15, 0.2) is 23.1 Å². The van der Waals surface area contributed by atoms with Gasteiger partial charge in [0.25, 0.3) is 0 Å². The summed E-state index contributed by atoms with van der Waals surface area (Å²) in [6.45, 7) is 1.30. The fraction of sp³-hybridized carbons (Fsp3) is 0.400. The van der Waals surface area contributed by atoms with Crippen molar-refractivity contribution in [2.45, 2.75) is 4.90 Å². The van der Waals surface area contributed by atoms with Crippen LogP contribution in [-0.4, -0.2) is 39.0 Å². The molecule has 0 atom stereocenters. The zero-order valence-corrected chi connectivity index (χ0v) is 9.91. The second-order valence-electron chi connectivity index (χ2n) is 3.70. The third-order valence-corrected chi connectivity index (χ3v) is 4.53. The number of halogens is 1. The van der Waals surface area contributed by atoms with E-state index in [9.17, 15) is 12.8 Å². The van der Waals surface area contributed by atoms with Crippen LogP contribution in [0.3, 0.4) is 0 Å². The highest BCUT2D eigenvalue weighted by Gasteiger charge is 2.28. The van der Waals surface area contributed by atoms with Gasteiger partial charge in [0.15, 0.2) is 0 Å². The minimum atomic E-state index is -3.65. The second kappa shape index (κ2) is 4.59. The molecule has 0 spiro atoms. The molecule has 2 rings (SSSR count). The predicted molar refractivity (Wildman–Crippen MR) is 60.4 cm³/mol. The quantitative estimate of drug-likeness (QED) is 0.783. The molecule has 1 aliphatic rings. The van der Waals surface area contributed by atoms with Crippen molar-refractivity contribution in [1.82, 2.24) is 4.31 Å². The molecule has 1 saturated heterocycles. The van der Waals surface area contributed by atoms with Gasteiger partial charge in [0, 0.05) is 13.1 Å². The van der Waals surface area contributed by atoms with E-state index in [0.717, 1.165) is 12.1 Å². The summed E-state index contributed by atoms with van der Waals surface area (Å²) < 4.78 is 43.6. The number of nitrogen functional groups attached to an aromatic ring is 1. The summed E-state index contributed by atoms with van der Waals surface area (Å²) in [5.74, 6) is -0.552. The fourth-order valence-electron chi connectivity index (χ4n) is 1.68. The highest BCUT2D eigenvalue weighted by atomic mass is 32.2. The first-order chi connectivity index (χ1) is 8.01. The maximum absolute atomic E-state index is 12.9. The summed E-state index contributed by atoms with van der Waals surface area (Å²) in [5.41, 5.74) is 5.46. The molecule has 7 heteroatoms. The van der Waals surface area contributed by atoms with E-state index in [1.807, 2.05) is 0 Å². The molecule has 0 aliphatic carbocycles. The number of morpholine rings is 1. The van der Waals surface area contributed by atoms with Gasteiger partial charge in [-0.05, 0) is 18.2 Å². The zero-order chi connectivity index (χ0) is 12.5. The molecule has 94 valence electrons.